The van der Waals surface area contributed by atoms with E-state index in [4.69, 9.17) is 0 Å². The Bertz CT molecular complexity index is 946. The minimum Gasteiger partial charge on any atom is -0.854 e. The molecule has 0 heterocycles. The molecule has 47 heavy (non-hydrogen) atoms. The molecule has 0 bridgehead atoms. The molecular formula is C24H40Mo3O8P4S8. The molecule has 0 saturated heterocycles. The second-order valence-electron chi connectivity index (χ2n) is 7.28. The minimum absolute atomic E-state index is 0. The Morgan fingerprint density at radius 2 is 0.404 bits per heavy atom. The van der Waals surface area contributed by atoms with Crippen LogP contribution in [0.5, 0.6) is 0 Å². The molecule has 0 aromatic heterocycles. The molecule has 0 spiro atoms. The van der Waals surface area contributed by atoms with E-state index in [0.717, 1.165) is 0 Å². The maximum absolute atomic E-state index is 10.9. The Labute approximate surface area is 357 Å². The quantitative estimate of drug-likeness (QED) is 0.0852. The predicted octanol–water partition coefficient (Wildman–Crippen LogP) is -0.320. The van der Waals surface area contributed by atoms with E-state index in [1.807, 2.05) is 0 Å². The third-order valence-electron chi connectivity index (χ3n) is 3.75. The Balaban J connectivity index is -0.0000000889. The second kappa shape index (κ2) is 38.5. The third-order valence-corrected chi connectivity index (χ3v) is 30.0. The number of hydrogen-bond acceptors (Lipinski definition) is 12. The molecule has 0 N–H and O–H groups in total. The van der Waals surface area contributed by atoms with E-state index in [9.17, 15) is 39.1 Å². The molecule has 0 rings (SSSR count). The van der Waals surface area contributed by atoms with E-state index in [-0.39, 0.29) is 63.2 Å². The van der Waals surface area contributed by atoms with Gasteiger partial charge in [0.1, 0.15) is 0 Å². The molecular weight excluding hydrogens is 1080 g/mol. The summed E-state index contributed by atoms with van der Waals surface area (Å²) in [5.74, 6) is 3.53. The van der Waals surface area contributed by atoms with Crippen LogP contribution in [0.3, 0.4) is 0 Å². The molecule has 0 aromatic carbocycles. The summed E-state index contributed by atoms with van der Waals surface area (Å²) in [5, 5.41) is 0. The first-order valence-corrected chi connectivity index (χ1v) is 31.0. The van der Waals surface area contributed by atoms with Crippen LogP contribution in [-0.4, -0.2) is 46.0 Å². The van der Waals surface area contributed by atoms with Crippen LogP contribution in [0.15, 0.2) is 101 Å². The summed E-state index contributed by atoms with van der Waals surface area (Å²) in [6.45, 7) is 27.7. The van der Waals surface area contributed by atoms with Crippen molar-refractivity contribution in [3.05, 3.63) is 101 Å². The monoisotopic (exact) mass is 1130 g/mol. The van der Waals surface area contributed by atoms with Crippen molar-refractivity contribution in [3.63, 3.8) is 0 Å². The normalized spacial score (nSPS) is 10.9. The Hall–Kier alpha value is 4.18. The van der Waals surface area contributed by atoms with Crippen LogP contribution in [0.4, 0.5) is 0 Å². The summed E-state index contributed by atoms with van der Waals surface area (Å²) in [5.41, 5.74) is -14.4. The van der Waals surface area contributed by atoms with Crippen LogP contribution >= 0.6 is 22.8 Å². The van der Waals surface area contributed by atoms with Crippen LogP contribution in [0.1, 0.15) is 0 Å². The second-order valence-corrected chi connectivity index (χ2v) is 37.7. The van der Waals surface area contributed by atoms with Gasteiger partial charge in [-0.3, -0.25) is 0 Å². The topological polar surface area (TPSA) is 184 Å². The molecule has 270 valence electrons. The Morgan fingerprint density at radius 3 is 0.447 bits per heavy atom. The third kappa shape index (κ3) is 42.8. The maximum atomic E-state index is 10.9. The summed E-state index contributed by atoms with van der Waals surface area (Å²) in [6, 6.07) is 0. The van der Waals surface area contributed by atoms with E-state index < -0.39 is 63.1 Å². The van der Waals surface area contributed by atoms with Gasteiger partial charge in [-0.05, 0) is 0 Å². The van der Waals surface area contributed by atoms with Gasteiger partial charge >= 0.3 is 63.2 Å². The van der Waals surface area contributed by atoms with Crippen LogP contribution in [0, 0.1) is 0 Å². The van der Waals surface area contributed by atoms with E-state index >= 15 is 0 Å². The number of rotatable bonds is 16. The fourth-order valence-corrected chi connectivity index (χ4v) is 17.6. The van der Waals surface area contributed by atoms with Gasteiger partial charge in [0.05, 0.1) is 0 Å². The summed E-state index contributed by atoms with van der Waals surface area (Å²) in [6.07, 6.45) is 12.6. The van der Waals surface area contributed by atoms with Gasteiger partial charge in [-0.1, -0.05) is 48.6 Å². The summed E-state index contributed by atoms with van der Waals surface area (Å²) >= 11 is 17.4. The van der Waals surface area contributed by atoms with Crippen LogP contribution < -0.4 is 39.1 Å². The van der Waals surface area contributed by atoms with Gasteiger partial charge in [-0.25, -0.2) is 40.3 Å². The van der Waals surface area contributed by atoms with Gasteiger partial charge in [0.15, 0.2) is 0 Å². The van der Waals surface area contributed by atoms with E-state index in [1.54, 1.807) is 48.6 Å². The summed E-state index contributed by atoms with van der Waals surface area (Å²) < 4.78 is 0. The molecule has 0 aliphatic rings. The zero-order valence-corrected chi connectivity index (χ0v) is 41.6. The first-order chi connectivity index (χ1) is 20.1. The van der Waals surface area contributed by atoms with Crippen molar-refractivity contribution < 1.29 is 102 Å². The van der Waals surface area contributed by atoms with Gasteiger partial charge in [0.2, 0.25) is 0 Å². The van der Waals surface area contributed by atoms with Gasteiger partial charge in [-0.15, -0.1) is 52.6 Å². The average molecular weight is 1120 g/mol. The molecule has 0 aliphatic heterocycles. The van der Waals surface area contributed by atoms with Crippen molar-refractivity contribution >= 4 is 112 Å². The molecule has 23 heteroatoms. The first kappa shape index (κ1) is 66.0. The van der Waals surface area contributed by atoms with Crippen molar-refractivity contribution in [2.45, 2.75) is 0 Å². The molecule has 0 unspecified atom stereocenters. The van der Waals surface area contributed by atoms with Crippen molar-refractivity contribution in [2.75, 3.05) is 46.0 Å². The zero-order valence-electron chi connectivity index (χ0n) is 25.5. The van der Waals surface area contributed by atoms with Gasteiger partial charge in [-0.2, -0.15) is 0 Å². The van der Waals surface area contributed by atoms with Gasteiger partial charge in [0.25, 0.3) is 0 Å². The molecule has 0 amide bonds. The first-order valence-electron chi connectivity index (χ1n) is 11.8. The molecule has 0 fully saturated rings. The molecule has 0 radical (unpaired) electrons. The Kier molecular flexibility index (Phi) is 54.0. The van der Waals surface area contributed by atoms with Gasteiger partial charge < -0.3 is 111 Å². The Morgan fingerprint density at radius 1 is 0.319 bits per heavy atom. The molecule has 0 atom stereocenters. The van der Waals surface area contributed by atoms with Crippen LogP contribution in [0.2, 0.25) is 0 Å². The van der Waals surface area contributed by atoms with E-state index in [1.165, 1.54) is 0 Å². The fourth-order valence-electron chi connectivity index (χ4n) is 2.09. The smallest absolute Gasteiger partial charge is 0.854 e. The molecule has 0 saturated carbocycles. The van der Waals surface area contributed by atoms with Crippen molar-refractivity contribution in [3.8, 4) is 0 Å². The summed E-state index contributed by atoms with van der Waals surface area (Å²) in [4.78, 5) is 87.0. The van der Waals surface area contributed by atoms with Crippen molar-refractivity contribution in [1.29, 1.82) is 0 Å². The minimum atomic E-state index is -3.59. The molecule has 8 nitrogen and oxygen atoms in total. The zero-order chi connectivity index (χ0) is 35.6. The van der Waals surface area contributed by atoms with Crippen LogP contribution in [0.25, 0.3) is 0 Å². The van der Waals surface area contributed by atoms with Crippen molar-refractivity contribution in [2.24, 2.45) is 0 Å². The van der Waals surface area contributed by atoms with E-state index in [2.05, 4.69) is 102 Å². The SMILES string of the molecule is C=CCS(CC=C)=P([O-])([O-])[S-].C=CCS(CC=C)=P([O-])([O-])[S-].C=CCS(CC=C)=P([O-])([O-])[S-].C=CCS(CC=C)=P([O-])([O-])[S-].[Mo+4].[Mo+4].[Mo+4]. The standard InChI is InChI=1S/4C6H10O2PS2.3Mo/c4*1-3-5-11(6-4-2)9(7,8)10;;;/h4*3-4H,1-2,5-6H2;;;/q4*-3;3*+4. The number of hydrogen-bond donors (Lipinski definition) is 0. The average Bonchev–Trinajstić information content (AvgIpc) is 2.87. The summed E-state index contributed by atoms with van der Waals surface area (Å²) in [7, 11) is -3.05. The maximum Gasteiger partial charge on any atom is 4.00 e. The molecule has 0 aliphatic carbocycles. The van der Waals surface area contributed by atoms with E-state index in [0.29, 0.717) is 46.0 Å². The van der Waals surface area contributed by atoms with Gasteiger partial charge in [0, 0.05) is 46.0 Å². The van der Waals surface area contributed by atoms with Crippen LogP contribution in [-0.2, 0) is 152 Å². The fraction of sp³-hybridized carbons (Fsp3) is 0.333. The molecule has 0 aromatic rings. The van der Waals surface area contributed by atoms with Crippen molar-refractivity contribution in [1.82, 2.24) is 0 Å². The largest absolute Gasteiger partial charge is 4.00 e. The predicted molar refractivity (Wildman–Crippen MR) is 207 cm³/mol.